The molecular formula is C19H22N2O2. The first-order valence-corrected chi connectivity index (χ1v) is 8.15. The Hall–Kier alpha value is -2.12. The lowest BCUT2D eigenvalue weighted by Gasteiger charge is -2.54. The topological polar surface area (TPSA) is 53.3 Å². The van der Waals surface area contributed by atoms with Crippen LogP contribution in [0.25, 0.3) is 0 Å². The second-order valence-electron chi connectivity index (χ2n) is 6.53. The number of esters is 1. The number of nitriles is 1. The summed E-state index contributed by atoms with van der Waals surface area (Å²) in [5, 5.41) is 9.66. The summed E-state index contributed by atoms with van der Waals surface area (Å²) >= 11 is 0. The van der Waals surface area contributed by atoms with Gasteiger partial charge in [0.1, 0.15) is 6.10 Å². The first-order chi connectivity index (χ1) is 11.1. The molecule has 1 aromatic carbocycles. The van der Waals surface area contributed by atoms with Gasteiger partial charge in [-0.15, -0.1) is 0 Å². The Labute approximate surface area is 137 Å². The molecule has 0 N–H and O–H groups in total. The highest BCUT2D eigenvalue weighted by Gasteiger charge is 2.53. The molecule has 1 fully saturated rings. The van der Waals surface area contributed by atoms with Crippen LogP contribution in [-0.2, 0) is 16.1 Å². The third-order valence-electron chi connectivity index (χ3n) is 5.14. The SMILES string of the molecule is CC(=O)O[C@@H](C)[C@]12CC[C@H](C=C1C#N)CN2Cc1ccccc1. The monoisotopic (exact) mass is 310 g/mol. The van der Waals surface area contributed by atoms with Crippen LogP contribution in [0.5, 0.6) is 0 Å². The fourth-order valence-corrected chi connectivity index (χ4v) is 4.09. The molecule has 1 aliphatic carbocycles. The number of hydrogen-bond acceptors (Lipinski definition) is 4. The number of hydrogen-bond donors (Lipinski definition) is 0. The zero-order valence-electron chi connectivity index (χ0n) is 13.7. The molecule has 0 radical (unpaired) electrons. The highest BCUT2D eigenvalue weighted by atomic mass is 16.5. The number of piperidine rings is 1. The van der Waals surface area contributed by atoms with E-state index in [0.29, 0.717) is 5.92 Å². The molecule has 2 heterocycles. The van der Waals surface area contributed by atoms with Crippen LogP contribution in [0.1, 0.15) is 32.3 Å². The first-order valence-electron chi connectivity index (χ1n) is 8.15. The molecule has 120 valence electrons. The van der Waals surface area contributed by atoms with Gasteiger partial charge in [0, 0.05) is 25.6 Å². The quantitative estimate of drug-likeness (QED) is 0.802. The summed E-state index contributed by atoms with van der Waals surface area (Å²) in [6.07, 6.45) is 3.65. The second kappa shape index (κ2) is 6.17. The van der Waals surface area contributed by atoms with Gasteiger partial charge in [-0.25, -0.2) is 0 Å². The van der Waals surface area contributed by atoms with Crippen molar-refractivity contribution in [2.45, 2.75) is 44.9 Å². The van der Waals surface area contributed by atoms with E-state index in [1.807, 2.05) is 25.1 Å². The number of nitrogens with zero attached hydrogens (tertiary/aromatic N) is 2. The molecule has 3 atom stereocenters. The molecule has 3 aliphatic rings. The van der Waals surface area contributed by atoms with Gasteiger partial charge < -0.3 is 4.74 Å². The second-order valence-corrected chi connectivity index (χ2v) is 6.53. The van der Waals surface area contributed by atoms with Crippen LogP contribution in [0.3, 0.4) is 0 Å². The lowest BCUT2D eigenvalue weighted by atomic mass is 9.68. The molecule has 23 heavy (non-hydrogen) atoms. The summed E-state index contributed by atoms with van der Waals surface area (Å²) in [6.45, 7) is 5.02. The number of carbonyl (C=O) groups excluding carboxylic acids is 1. The summed E-state index contributed by atoms with van der Waals surface area (Å²) in [6, 6.07) is 12.6. The van der Waals surface area contributed by atoms with Crippen LogP contribution >= 0.6 is 0 Å². The van der Waals surface area contributed by atoms with E-state index in [-0.39, 0.29) is 12.1 Å². The Balaban J connectivity index is 1.96. The lowest BCUT2D eigenvalue weighted by molar-refractivity contribution is -0.155. The molecule has 4 heteroatoms. The maximum absolute atomic E-state index is 11.5. The molecule has 0 unspecified atom stereocenters. The van der Waals surface area contributed by atoms with Crippen molar-refractivity contribution in [2.24, 2.45) is 5.92 Å². The van der Waals surface area contributed by atoms with Crippen LogP contribution in [-0.4, -0.2) is 29.1 Å². The molecule has 0 spiro atoms. The van der Waals surface area contributed by atoms with Crippen molar-refractivity contribution < 1.29 is 9.53 Å². The van der Waals surface area contributed by atoms with Crippen molar-refractivity contribution in [3.8, 4) is 6.07 Å². The normalized spacial score (nSPS) is 27.9. The zero-order valence-corrected chi connectivity index (χ0v) is 13.7. The molecule has 0 saturated carbocycles. The molecule has 2 aliphatic heterocycles. The van der Waals surface area contributed by atoms with Gasteiger partial charge in [0.05, 0.1) is 11.6 Å². The summed E-state index contributed by atoms with van der Waals surface area (Å²) in [5.74, 6) is 0.122. The molecule has 0 amide bonds. The van der Waals surface area contributed by atoms with Crippen molar-refractivity contribution in [3.63, 3.8) is 0 Å². The van der Waals surface area contributed by atoms with Gasteiger partial charge in [-0.3, -0.25) is 9.69 Å². The average molecular weight is 310 g/mol. The van der Waals surface area contributed by atoms with Crippen molar-refractivity contribution >= 4 is 5.97 Å². The number of carbonyl (C=O) groups is 1. The molecule has 4 rings (SSSR count). The third kappa shape index (κ3) is 2.77. The van der Waals surface area contributed by atoms with Crippen LogP contribution in [0, 0.1) is 17.2 Å². The first kappa shape index (κ1) is 15.8. The predicted octanol–water partition coefficient (Wildman–Crippen LogP) is 3.05. The number of fused-ring (bicyclic) bond motifs is 2. The summed E-state index contributed by atoms with van der Waals surface area (Å²) < 4.78 is 5.54. The fourth-order valence-electron chi connectivity index (χ4n) is 4.09. The molecular weight excluding hydrogens is 288 g/mol. The Morgan fingerprint density at radius 1 is 1.48 bits per heavy atom. The molecule has 1 aromatic rings. The van der Waals surface area contributed by atoms with Gasteiger partial charge in [-0.2, -0.15) is 5.26 Å². The lowest BCUT2D eigenvalue weighted by Crippen LogP contribution is -2.63. The standard InChI is InChI=1S/C19H22N2O2/c1-14(23-15(2)22)19-9-8-17(10-18(19)11-20)13-21(19)12-16-6-4-3-5-7-16/h3-7,10,14,17H,8-9,12-13H2,1-2H3/t14-,17+,19+/m0/s1. The van der Waals surface area contributed by atoms with E-state index in [4.69, 9.17) is 4.74 Å². The summed E-state index contributed by atoms with van der Waals surface area (Å²) in [5.41, 5.74) is 1.47. The van der Waals surface area contributed by atoms with E-state index in [9.17, 15) is 10.1 Å². The third-order valence-corrected chi connectivity index (χ3v) is 5.14. The molecule has 0 aromatic heterocycles. The largest absolute Gasteiger partial charge is 0.460 e. The van der Waals surface area contributed by atoms with Gasteiger partial charge in [-0.05, 0) is 31.2 Å². The van der Waals surface area contributed by atoms with E-state index >= 15 is 0 Å². The van der Waals surface area contributed by atoms with Crippen molar-refractivity contribution in [2.75, 3.05) is 6.54 Å². The summed E-state index contributed by atoms with van der Waals surface area (Å²) in [7, 11) is 0. The maximum atomic E-state index is 11.5. The van der Waals surface area contributed by atoms with E-state index in [2.05, 4.69) is 29.2 Å². The van der Waals surface area contributed by atoms with E-state index in [1.165, 1.54) is 12.5 Å². The minimum atomic E-state index is -0.495. The van der Waals surface area contributed by atoms with Crippen molar-refractivity contribution in [3.05, 3.63) is 47.5 Å². The molecule has 2 bridgehead atoms. The van der Waals surface area contributed by atoms with E-state index in [1.54, 1.807) is 0 Å². The van der Waals surface area contributed by atoms with Gasteiger partial charge in [0.25, 0.3) is 0 Å². The minimum absolute atomic E-state index is 0.295. The van der Waals surface area contributed by atoms with Crippen LogP contribution in [0.15, 0.2) is 42.0 Å². The number of ether oxygens (including phenoxy) is 1. The fraction of sp³-hybridized carbons (Fsp3) is 0.474. The van der Waals surface area contributed by atoms with E-state index in [0.717, 1.165) is 31.5 Å². The van der Waals surface area contributed by atoms with Crippen molar-refractivity contribution in [1.29, 1.82) is 5.26 Å². The van der Waals surface area contributed by atoms with Gasteiger partial charge >= 0.3 is 5.97 Å². The Morgan fingerprint density at radius 2 is 2.22 bits per heavy atom. The van der Waals surface area contributed by atoms with Gasteiger partial charge in [0.2, 0.25) is 0 Å². The van der Waals surface area contributed by atoms with Gasteiger partial charge in [-0.1, -0.05) is 36.4 Å². The molecule has 4 nitrogen and oxygen atoms in total. The Bertz CT molecular complexity index is 662. The maximum Gasteiger partial charge on any atom is 0.302 e. The number of benzene rings is 1. The zero-order chi connectivity index (χ0) is 16.4. The van der Waals surface area contributed by atoms with Crippen molar-refractivity contribution in [1.82, 2.24) is 4.90 Å². The Morgan fingerprint density at radius 3 is 2.87 bits per heavy atom. The van der Waals surface area contributed by atoms with Gasteiger partial charge in [0.15, 0.2) is 0 Å². The molecule has 1 saturated heterocycles. The van der Waals surface area contributed by atoms with E-state index < -0.39 is 5.54 Å². The predicted molar refractivity (Wildman–Crippen MR) is 87.2 cm³/mol. The average Bonchev–Trinajstić information content (AvgIpc) is 2.55. The summed E-state index contributed by atoms with van der Waals surface area (Å²) in [4.78, 5) is 13.8. The minimum Gasteiger partial charge on any atom is -0.460 e. The number of rotatable bonds is 4. The van der Waals surface area contributed by atoms with Crippen LogP contribution in [0.2, 0.25) is 0 Å². The Kier molecular flexibility index (Phi) is 4.23. The van der Waals surface area contributed by atoms with Crippen LogP contribution in [0.4, 0.5) is 0 Å². The van der Waals surface area contributed by atoms with Crippen LogP contribution < -0.4 is 0 Å². The highest BCUT2D eigenvalue weighted by Crippen LogP contribution is 2.46. The smallest absolute Gasteiger partial charge is 0.302 e. The highest BCUT2D eigenvalue weighted by molar-refractivity contribution is 5.66.